The zero-order valence-corrected chi connectivity index (χ0v) is 38.8. The van der Waals surface area contributed by atoms with E-state index in [1.807, 2.05) is 12.1 Å². The summed E-state index contributed by atoms with van der Waals surface area (Å²) in [6, 6.07) is 84.7. The van der Waals surface area contributed by atoms with Gasteiger partial charge in [0, 0.05) is 77.2 Å². The van der Waals surface area contributed by atoms with Gasteiger partial charge in [-0.3, -0.25) is 0 Å². The van der Waals surface area contributed by atoms with E-state index < -0.39 is 0 Å². The number of aromatic nitrogens is 2. The van der Waals surface area contributed by atoms with Gasteiger partial charge in [-0.15, -0.1) is 0 Å². The predicted molar refractivity (Wildman–Crippen MR) is 295 cm³/mol. The molecule has 0 saturated carbocycles. The lowest BCUT2D eigenvalue weighted by Gasteiger charge is -2.43. The number of furan rings is 2. The third-order valence-electron chi connectivity index (χ3n) is 16.3. The minimum absolute atomic E-state index is 0.0128. The molecule has 4 heterocycles. The molecule has 4 heteroatoms. The van der Waals surface area contributed by atoms with Crippen LogP contribution in [0.1, 0.15) is 45.2 Å². The number of para-hydroxylation sites is 8. The third-order valence-corrected chi connectivity index (χ3v) is 16.3. The summed E-state index contributed by atoms with van der Waals surface area (Å²) in [4.78, 5) is 0. The van der Waals surface area contributed by atoms with Crippen molar-refractivity contribution >= 4 is 87.5 Å². The average Bonchev–Trinajstić information content (AvgIpc) is 4.21. The second-order valence-electron chi connectivity index (χ2n) is 19.7. The van der Waals surface area contributed by atoms with Gasteiger partial charge in [0.05, 0.1) is 33.4 Å². The fourth-order valence-corrected chi connectivity index (χ4v) is 13.6. The minimum Gasteiger partial charge on any atom is -0.455 e. The Balaban J connectivity index is 0.934. The number of benzene rings is 11. The van der Waals surface area contributed by atoms with Crippen LogP contribution in [0.2, 0.25) is 0 Å². The van der Waals surface area contributed by atoms with Crippen LogP contribution in [0.5, 0.6) is 0 Å². The van der Waals surface area contributed by atoms with E-state index in [1.54, 1.807) is 0 Å². The number of fused-ring (bicyclic) bond motifs is 12. The Labute approximate surface area is 412 Å². The van der Waals surface area contributed by atoms with E-state index in [2.05, 4.69) is 228 Å². The second-order valence-corrected chi connectivity index (χ2v) is 19.7. The largest absolute Gasteiger partial charge is 0.455 e. The van der Waals surface area contributed by atoms with Crippen molar-refractivity contribution in [1.82, 2.24) is 9.13 Å². The van der Waals surface area contributed by atoms with Crippen molar-refractivity contribution in [3.63, 3.8) is 0 Å². The number of hydrogen-bond acceptors (Lipinski definition) is 2. The summed E-state index contributed by atoms with van der Waals surface area (Å²) in [6.45, 7) is 0. The van der Waals surface area contributed by atoms with Crippen molar-refractivity contribution in [2.24, 2.45) is 0 Å². The molecular formula is C68H40N2O2. The Morgan fingerprint density at radius 1 is 0.264 bits per heavy atom. The molecule has 3 aliphatic rings. The molecule has 0 radical (unpaired) electrons. The van der Waals surface area contributed by atoms with Gasteiger partial charge < -0.3 is 18.0 Å². The van der Waals surface area contributed by atoms with Crippen molar-refractivity contribution in [3.05, 3.63) is 264 Å². The maximum Gasteiger partial charge on any atom is 0.143 e. The van der Waals surface area contributed by atoms with Gasteiger partial charge in [-0.25, -0.2) is 0 Å². The molecule has 334 valence electrons. The zero-order valence-electron chi connectivity index (χ0n) is 38.8. The van der Waals surface area contributed by atoms with Crippen LogP contribution in [0.3, 0.4) is 0 Å². The van der Waals surface area contributed by atoms with Gasteiger partial charge in [0.1, 0.15) is 22.3 Å². The van der Waals surface area contributed by atoms with E-state index in [4.69, 9.17) is 8.83 Å². The van der Waals surface area contributed by atoms with Gasteiger partial charge >= 0.3 is 0 Å². The van der Waals surface area contributed by atoms with E-state index in [-0.39, 0.29) is 11.8 Å². The molecule has 0 amide bonds. The van der Waals surface area contributed by atoms with Crippen LogP contribution in [0.25, 0.3) is 121 Å². The van der Waals surface area contributed by atoms with Gasteiger partial charge in [0.15, 0.2) is 0 Å². The molecule has 15 aromatic rings. The lowest BCUT2D eigenvalue weighted by Crippen LogP contribution is -2.28. The van der Waals surface area contributed by atoms with Gasteiger partial charge in [0.2, 0.25) is 0 Å². The van der Waals surface area contributed by atoms with Gasteiger partial charge in [-0.05, 0) is 81.9 Å². The summed E-state index contributed by atoms with van der Waals surface area (Å²) >= 11 is 0. The molecule has 18 rings (SSSR count). The highest BCUT2D eigenvalue weighted by Gasteiger charge is 2.44. The van der Waals surface area contributed by atoms with Gasteiger partial charge in [0.25, 0.3) is 0 Å². The van der Waals surface area contributed by atoms with E-state index in [1.165, 1.54) is 77.0 Å². The Morgan fingerprint density at radius 2 is 0.653 bits per heavy atom. The summed E-state index contributed by atoms with van der Waals surface area (Å²) in [5.74, 6) is 0.0614. The third kappa shape index (κ3) is 4.90. The highest BCUT2D eigenvalue weighted by molar-refractivity contribution is 6.17. The average molecular weight is 917 g/mol. The molecule has 0 unspecified atom stereocenters. The highest BCUT2D eigenvalue weighted by Crippen LogP contribution is 2.61. The molecule has 72 heavy (non-hydrogen) atoms. The summed E-state index contributed by atoms with van der Waals surface area (Å²) < 4.78 is 18.4. The van der Waals surface area contributed by atoms with Crippen LogP contribution < -0.4 is 0 Å². The maximum absolute atomic E-state index is 6.70. The number of nitrogens with zero attached hydrogens (tertiary/aromatic N) is 2. The van der Waals surface area contributed by atoms with Gasteiger partial charge in [-0.2, -0.15) is 0 Å². The smallest absolute Gasteiger partial charge is 0.143 e. The molecule has 0 N–H and O–H groups in total. The molecule has 0 fully saturated rings. The maximum atomic E-state index is 6.70. The van der Waals surface area contributed by atoms with Gasteiger partial charge in [-0.1, -0.05) is 182 Å². The van der Waals surface area contributed by atoms with Crippen molar-refractivity contribution in [2.75, 3.05) is 0 Å². The van der Waals surface area contributed by atoms with Crippen molar-refractivity contribution in [3.8, 4) is 33.6 Å². The minimum atomic E-state index is -0.0128. The normalized spacial score (nSPS) is 14.9. The molecule has 0 atom stereocenters. The van der Waals surface area contributed by atoms with Crippen LogP contribution in [0, 0.1) is 0 Å². The van der Waals surface area contributed by atoms with E-state index >= 15 is 0 Å². The van der Waals surface area contributed by atoms with E-state index in [9.17, 15) is 0 Å². The molecule has 11 aromatic carbocycles. The van der Waals surface area contributed by atoms with Crippen molar-refractivity contribution in [2.45, 2.75) is 11.8 Å². The summed E-state index contributed by atoms with van der Waals surface area (Å²) in [6.07, 6.45) is 0. The quantitative estimate of drug-likeness (QED) is 0.176. The molecule has 4 aromatic heterocycles. The molecule has 0 aliphatic heterocycles. The van der Waals surface area contributed by atoms with E-state index in [0.717, 1.165) is 77.5 Å². The summed E-state index contributed by atoms with van der Waals surface area (Å²) in [5, 5.41) is 9.68. The van der Waals surface area contributed by atoms with Crippen LogP contribution in [0.4, 0.5) is 0 Å². The first kappa shape index (κ1) is 38.5. The molecule has 0 saturated heterocycles. The van der Waals surface area contributed by atoms with Crippen LogP contribution >= 0.6 is 0 Å². The van der Waals surface area contributed by atoms with Crippen molar-refractivity contribution in [1.29, 1.82) is 0 Å². The summed E-state index contributed by atoms with van der Waals surface area (Å²) in [5.41, 5.74) is 23.5. The lowest BCUT2D eigenvalue weighted by atomic mass is 9.59. The SMILES string of the molecule is c1ccc(-n2c3ccccc3c3c4c(ccc32)C2c3ccccc3C4c3c2ccc2c3c3ccccc3n2-c2ccccc2-c2cccc3c2oc2ccccc23)c(-c2cccc3c2oc2ccccc23)c1. The first-order valence-electron chi connectivity index (χ1n) is 25.0. The van der Waals surface area contributed by atoms with Crippen LogP contribution in [0.15, 0.2) is 239 Å². The number of hydrogen-bond donors (Lipinski definition) is 0. The summed E-state index contributed by atoms with van der Waals surface area (Å²) in [7, 11) is 0. The van der Waals surface area contributed by atoms with E-state index in [0.29, 0.717) is 0 Å². The second kappa shape index (κ2) is 14.1. The lowest BCUT2D eigenvalue weighted by molar-refractivity contribution is 0.669. The Morgan fingerprint density at radius 3 is 1.17 bits per heavy atom. The molecule has 2 bridgehead atoms. The first-order valence-corrected chi connectivity index (χ1v) is 25.0. The topological polar surface area (TPSA) is 36.1 Å². The Kier molecular flexibility index (Phi) is 7.55. The molecule has 0 spiro atoms. The van der Waals surface area contributed by atoms with Crippen LogP contribution in [-0.2, 0) is 0 Å². The van der Waals surface area contributed by atoms with Crippen LogP contribution in [-0.4, -0.2) is 9.13 Å². The highest BCUT2D eigenvalue weighted by atomic mass is 16.3. The fourth-order valence-electron chi connectivity index (χ4n) is 13.6. The zero-order chi connectivity index (χ0) is 46.8. The Bertz CT molecular complexity index is 4560. The fraction of sp³-hybridized carbons (Fsp3) is 0.0294. The molecule has 4 nitrogen and oxygen atoms in total. The Hall–Kier alpha value is -9.38. The predicted octanol–water partition coefficient (Wildman–Crippen LogP) is 18.0. The molecule has 3 aliphatic carbocycles. The molecular weight excluding hydrogens is 877 g/mol. The van der Waals surface area contributed by atoms with Crippen molar-refractivity contribution < 1.29 is 8.83 Å². The standard InChI is InChI=1S/C68H40N2O2/c1-2-22-44-43(21-1)61-51-35-37-57-62(49-23-5-11-31-55(49)69(57)53-29-9-3-17-39(53)45-25-15-27-47-41-19-7-13-33-59(41)71-67(45)47)65(51)64(44)66-52(61)36-38-58-63(66)50-24-6-12-32-56(50)70(58)54-30-10-4-18-40(54)46-26-16-28-48-42-20-8-14-34-60(42)72-68(46)48/h1-38,61,64H. The monoisotopic (exact) mass is 916 g/mol. The first-order chi connectivity index (χ1) is 35.8. The number of rotatable bonds is 4.